The lowest BCUT2D eigenvalue weighted by Gasteiger charge is -2.33. The molecule has 2 heterocycles. The molecular weight excluding hydrogens is 290 g/mol. The van der Waals surface area contributed by atoms with Crippen LogP contribution in [0.25, 0.3) is 0 Å². The van der Waals surface area contributed by atoms with Gasteiger partial charge in [0.25, 0.3) is 0 Å². The van der Waals surface area contributed by atoms with Crippen LogP contribution in [0.2, 0.25) is 0 Å². The zero-order chi connectivity index (χ0) is 15.3. The maximum absolute atomic E-state index is 12.4. The Labute approximate surface area is 127 Å². The monoisotopic (exact) mass is 317 g/mol. The predicted octanol–water partition coefficient (Wildman–Crippen LogP) is 0.403. The number of likely N-dealkylation sites (tertiary alicyclic amines) is 2. The van der Waals surface area contributed by atoms with Crippen LogP contribution in [0, 0.1) is 0 Å². The van der Waals surface area contributed by atoms with E-state index in [0.717, 1.165) is 45.3 Å². The third-order valence-electron chi connectivity index (χ3n) is 4.20. The Kier molecular flexibility index (Phi) is 6.01. The molecule has 0 aromatic rings. The van der Waals surface area contributed by atoms with Gasteiger partial charge in [0.1, 0.15) is 0 Å². The molecule has 2 rings (SSSR count). The van der Waals surface area contributed by atoms with Gasteiger partial charge in [-0.2, -0.15) is 0 Å². The molecule has 0 spiro atoms. The molecule has 0 aromatic heterocycles. The molecule has 1 N–H and O–H groups in total. The van der Waals surface area contributed by atoms with Crippen molar-refractivity contribution in [1.82, 2.24) is 14.5 Å². The van der Waals surface area contributed by atoms with Crippen molar-refractivity contribution >= 4 is 15.9 Å². The highest BCUT2D eigenvalue weighted by Gasteiger charge is 2.25. The fraction of sp³-hybridized carbons (Fsp3) is 0.929. The van der Waals surface area contributed by atoms with Gasteiger partial charge in [0, 0.05) is 25.7 Å². The van der Waals surface area contributed by atoms with Crippen molar-refractivity contribution in [2.45, 2.75) is 44.6 Å². The van der Waals surface area contributed by atoms with Gasteiger partial charge in [-0.05, 0) is 32.2 Å². The smallest absolute Gasteiger partial charge is 0.236 e. The maximum atomic E-state index is 12.4. The molecule has 2 aliphatic heterocycles. The SMILES string of the molecule is CS(=O)(=O)N[C@@H]1CCCN(CC(=O)N2CCCCCC2)C1. The summed E-state index contributed by atoms with van der Waals surface area (Å²) in [6.45, 7) is 3.67. The summed E-state index contributed by atoms with van der Waals surface area (Å²) in [5.41, 5.74) is 0. The van der Waals surface area contributed by atoms with Crippen molar-refractivity contribution in [3.05, 3.63) is 0 Å². The summed E-state index contributed by atoms with van der Waals surface area (Å²) in [4.78, 5) is 16.4. The predicted molar refractivity (Wildman–Crippen MR) is 82.5 cm³/mol. The second-order valence-corrected chi connectivity index (χ2v) is 8.04. The first-order chi connectivity index (χ1) is 9.94. The number of hydrogen-bond acceptors (Lipinski definition) is 4. The third-order valence-corrected chi connectivity index (χ3v) is 4.97. The Morgan fingerprint density at radius 3 is 2.38 bits per heavy atom. The van der Waals surface area contributed by atoms with Gasteiger partial charge in [-0.1, -0.05) is 12.8 Å². The maximum Gasteiger partial charge on any atom is 0.236 e. The first-order valence-electron chi connectivity index (χ1n) is 7.91. The first-order valence-corrected chi connectivity index (χ1v) is 9.80. The minimum Gasteiger partial charge on any atom is -0.342 e. The number of nitrogens with one attached hydrogen (secondary N) is 1. The van der Waals surface area contributed by atoms with E-state index >= 15 is 0 Å². The molecule has 0 unspecified atom stereocenters. The number of carbonyl (C=O) groups excluding carboxylic acids is 1. The lowest BCUT2D eigenvalue weighted by atomic mass is 10.1. The summed E-state index contributed by atoms with van der Waals surface area (Å²) >= 11 is 0. The Morgan fingerprint density at radius 1 is 1.10 bits per heavy atom. The molecular formula is C14H27N3O3S. The molecule has 2 saturated heterocycles. The average Bonchev–Trinajstić information content (AvgIpc) is 2.65. The summed E-state index contributed by atoms with van der Waals surface area (Å²) in [6.07, 6.45) is 7.60. The topological polar surface area (TPSA) is 69.7 Å². The number of piperidine rings is 1. The quantitative estimate of drug-likeness (QED) is 0.815. The lowest BCUT2D eigenvalue weighted by Crippen LogP contribution is -2.50. The number of hydrogen-bond donors (Lipinski definition) is 1. The van der Waals surface area contributed by atoms with Crippen molar-refractivity contribution < 1.29 is 13.2 Å². The highest BCUT2D eigenvalue weighted by molar-refractivity contribution is 7.88. The van der Waals surface area contributed by atoms with E-state index in [9.17, 15) is 13.2 Å². The normalized spacial score (nSPS) is 25.6. The minimum atomic E-state index is -3.17. The lowest BCUT2D eigenvalue weighted by molar-refractivity contribution is -0.132. The molecule has 6 nitrogen and oxygen atoms in total. The second kappa shape index (κ2) is 7.56. The summed E-state index contributed by atoms with van der Waals surface area (Å²) in [7, 11) is -3.17. The molecule has 0 saturated carbocycles. The van der Waals surface area contributed by atoms with Crippen LogP contribution in [-0.2, 0) is 14.8 Å². The number of carbonyl (C=O) groups is 1. The molecule has 1 atom stereocenters. The molecule has 122 valence electrons. The van der Waals surface area contributed by atoms with Crippen molar-refractivity contribution in [2.24, 2.45) is 0 Å². The van der Waals surface area contributed by atoms with Gasteiger partial charge < -0.3 is 4.90 Å². The first kappa shape index (κ1) is 16.7. The van der Waals surface area contributed by atoms with Gasteiger partial charge >= 0.3 is 0 Å². The largest absolute Gasteiger partial charge is 0.342 e. The van der Waals surface area contributed by atoms with E-state index < -0.39 is 10.0 Å². The van der Waals surface area contributed by atoms with E-state index in [4.69, 9.17) is 0 Å². The van der Waals surface area contributed by atoms with Gasteiger partial charge in [0.05, 0.1) is 12.8 Å². The molecule has 21 heavy (non-hydrogen) atoms. The van der Waals surface area contributed by atoms with Crippen LogP contribution in [-0.4, -0.2) is 69.1 Å². The molecule has 2 aliphatic rings. The zero-order valence-electron chi connectivity index (χ0n) is 12.9. The van der Waals surface area contributed by atoms with Crippen LogP contribution in [0.4, 0.5) is 0 Å². The van der Waals surface area contributed by atoms with Crippen LogP contribution in [0.5, 0.6) is 0 Å². The summed E-state index contributed by atoms with van der Waals surface area (Å²) in [6, 6.07) is -0.0642. The van der Waals surface area contributed by atoms with Gasteiger partial charge in [0.15, 0.2) is 0 Å². The molecule has 1 amide bonds. The number of nitrogens with zero attached hydrogens (tertiary/aromatic N) is 2. The fourth-order valence-electron chi connectivity index (χ4n) is 3.21. The molecule has 7 heteroatoms. The summed E-state index contributed by atoms with van der Waals surface area (Å²) in [5.74, 6) is 0.192. The minimum absolute atomic E-state index is 0.0642. The van der Waals surface area contributed by atoms with Gasteiger partial charge in [0.2, 0.25) is 15.9 Å². The van der Waals surface area contributed by atoms with Crippen LogP contribution in [0.15, 0.2) is 0 Å². The van der Waals surface area contributed by atoms with Crippen molar-refractivity contribution in [1.29, 1.82) is 0 Å². The number of sulfonamides is 1. The van der Waals surface area contributed by atoms with Gasteiger partial charge in [-0.25, -0.2) is 13.1 Å². The van der Waals surface area contributed by atoms with Gasteiger partial charge in [-0.15, -0.1) is 0 Å². The van der Waals surface area contributed by atoms with Crippen LogP contribution < -0.4 is 4.72 Å². The van der Waals surface area contributed by atoms with Crippen LogP contribution in [0.1, 0.15) is 38.5 Å². The van der Waals surface area contributed by atoms with E-state index in [2.05, 4.69) is 9.62 Å². The highest BCUT2D eigenvalue weighted by atomic mass is 32.2. The van der Waals surface area contributed by atoms with Crippen molar-refractivity contribution in [2.75, 3.05) is 39.0 Å². The summed E-state index contributed by atoms with van der Waals surface area (Å²) < 4.78 is 25.3. The highest BCUT2D eigenvalue weighted by Crippen LogP contribution is 2.13. The Morgan fingerprint density at radius 2 is 1.76 bits per heavy atom. The molecule has 0 radical (unpaired) electrons. The van der Waals surface area contributed by atoms with E-state index in [1.807, 2.05) is 4.90 Å². The van der Waals surface area contributed by atoms with Crippen molar-refractivity contribution in [3.63, 3.8) is 0 Å². The number of amides is 1. The number of rotatable bonds is 4. The second-order valence-electron chi connectivity index (χ2n) is 6.26. The fourth-order valence-corrected chi connectivity index (χ4v) is 4.01. The standard InChI is InChI=1S/C14H27N3O3S/c1-21(19,20)15-13-7-6-8-16(11-13)12-14(18)17-9-4-2-3-5-10-17/h13,15H,2-12H2,1H3/t13-/m1/s1. The van der Waals surface area contributed by atoms with Crippen LogP contribution in [0.3, 0.4) is 0 Å². The third kappa shape index (κ3) is 5.92. The Balaban J connectivity index is 1.82. The van der Waals surface area contributed by atoms with Crippen molar-refractivity contribution in [3.8, 4) is 0 Å². The zero-order valence-corrected chi connectivity index (χ0v) is 13.7. The van der Waals surface area contributed by atoms with Gasteiger partial charge in [-0.3, -0.25) is 9.69 Å². The van der Waals surface area contributed by atoms with E-state index in [1.54, 1.807) is 0 Å². The molecule has 0 aromatic carbocycles. The van der Waals surface area contributed by atoms with E-state index in [1.165, 1.54) is 19.1 Å². The molecule has 2 fully saturated rings. The molecule has 0 aliphatic carbocycles. The molecule has 0 bridgehead atoms. The average molecular weight is 317 g/mol. The van der Waals surface area contributed by atoms with Crippen LogP contribution >= 0.6 is 0 Å². The van der Waals surface area contributed by atoms with E-state index in [-0.39, 0.29) is 11.9 Å². The van der Waals surface area contributed by atoms with E-state index in [0.29, 0.717) is 13.1 Å². The Bertz CT molecular complexity index is 444. The Hall–Kier alpha value is -0.660. The summed E-state index contributed by atoms with van der Waals surface area (Å²) in [5, 5.41) is 0.